The minimum atomic E-state index is -0.660. The van der Waals surface area contributed by atoms with Crippen LogP contribution in [0.25, 0.3) is 0 Å². The third kappa shape index (κ3) is 3.93. The number of methoxy groups -OCH3 is 3. The predicted molar refractivity (Wildman–Crippen MR) is 134 cm³/mol. The lowest BCUT2D eigenvalue weighted by Gasteiger charge is -2.37. The number of benzene rings is 2. The van der Waals surface area contributed by atoms with Crippen molar-refractivity contribution in [3.8, 4) is 17.2 Å². The van der Waals surface area contributed by atoms with Crippen molar-refractivity contribution in [3.63, 3.8) is 0 Å². The summed E-state index contributed by atoms with van der Waals surface area (Å²) in [5, 5.41) is 3.55. The van der Waals surface area contributed by atoms with E-state index < -0.39 is 6.04 Å². The van der Waals surface area contributed by atoms with E-state index in [1.54, 1.807) is 27.4 Å². The normalized spacial score (nSPS) is 20.9. The summed E-state index contributed by atoms with van der Waals surface area (Å²) in [6, 6.07) is 10.8. The van der Waals surface area contributed by atoms with Gasteiger partial charge in [-0.1, -0.05) is 26.0 Å². The molecule has 0 unspecified atom stereocenters. The highest BCUT2D eigenvalue weighted by Crippen LogP contribution is 2.53. The standard InChI is InChI=1S/C28H32N2O5/c1-28(2)14-19-23(21(31)15-28)24(17-12-13-22(33-3)26(35-5)25(17)34-4)30(27(32)16-10-11-16)20-9-7-6-8-18(20)29-19/h6-9,12-13,16,24,29H,10-11,14-15H2,1-5H3/t24-/m0/s1. The average molecular weight is 477 g/mol. The van der Waals surface area contributed by atoms with E-state index in [0.717, 1.165) is 29.9 Å². The maximum Gasteiger partial charge on any atom is 0.231 e. The van der Waals surface area contributed by atoms with E-state index in [-0.39, 0.29) is 23.0 Å². The molecular weight excluding hydrogens is 444 g/mol. The van der Waals surface area contributed by atoms with E-state index in [2.05, 4.69) is 19.2 Å². The van der Waals surface area contributed by atoms with Crippen LogP contribution in [0.3, 0.4) is 0 Å². The molecule has 1 fully saturated rings. The summed E-state index contributed by atoms with van der Waals surface area (Å²) in [4.78, 5) is 29.6. The predicted octanol–water partition coefficient (Wildman–Crippen LogP) is 5.27. The highest BCUT2D eigenvalue weighted by atomic mass is 16.5. The summed E-state index contributed by atoms with van der Waals surface area (Å²) >= 11 is 0. The van der Waals surface area contributed by atoms with Gasteiger partial charge in [0.05, 0.1) is 38.7 Å². The van der Waals surface area contributed by atoms with Crippen LogP contribution in [0.15, 0.2) is 47.7 Å². The van der Waals surface area contributed by atoms with E-state index in [1.807, 2.05) is 35.2 Å². The minimum absolute atomic E-state index is 0.0208. The Kier molecular flexibility index (Phi) is 5.74. The smallest absolute Gasteiger partial charge is 0.231 e. The van der Waals surface area contributed by atoms with Gasteiger partial charge in [0.1, 0.15) is 0 Å². The molecule has 3 aliphatic rings. The number of carbonyl (C=O) groups is 2. The van der Waals surface area contributed by atoms with E-state index in [4.69, 9.17) is 14.2 Å². The van der Waals surface area contributed by atoms with Crippen LogP contribution < -0.4 is 24.4 Å². The van der Waals surface area contributed by atoms with Crippen LogP contribution in [0.1, 0.15) is 51.1 Å². The number of rotatable bonds is 5. The first-order valence-corrected chi connectivity index (χ1v) is 12.0. The number of hydrogen-bond acceptors (Lipinski definition) is 6. The summed E-state index contributed by atoms with van der Waals surface area (Å²) in [7, 11) is 4.69. The Bertz CT molecular complexity index is 1230. The van der Waals surface area contributed by atoms with Crippen molar-refractivity contribution in [1.82, 2.24) is 0 Å². The molecule has 184 valence electrons. The number of allylic oxidation sites excluding steroid dienone is 1. The highest BCUT2D eigenvalue weighted by Gasteiger charge is 2.47. The molecule has 7 heteroatoms. The van der Waals surface area contributed by atoms with Crippen molar-refractivity contribution in [2.75, 3.05) is 31.5 Å². The molecule has 1 heterocycles. The maximum atomic E-state index is 13.9. The summed E-state index contributed by atoms with van der Waals surface area (Å²) in [6.07, 6.45) is 2.81. The van der Waals surface area contributed by atoms with Crippen molar-refractivity contribution >= 4 is 23.1 Å². The molecule has 2 aliphatic carbocycles. The Morgan fingerprint density at radius 1 is 0.971 bits per heavy atom. The van der Waals surface area contributed by atoms with Gasteiger partial charge in [-0.15, -0.1) is 0 Å². The van der Waals surface area contributed by atoms with Crippen LogP contribution >= 0.6 is 0 Å². The zero-order chi connectivity index (χ0) is 24.9. The van der Waals surface area contributed by atoms with Gasteiger partial charge >= 0.3 is 0 Å². The third-order valence-electron chi connectivity index (χ3n) is 7.09. The molecule has 35 heavy (non-hydrogen) atoms. The number of ether oxygens (including phenoxy) is 3. The summed E-state index contributed by atoms with van der Waals surface area (Å²) in [5.74, 6) is 1.41. The van der Waals surface area contributed by atoms with Crippen molar-refractivity contribution < 1.29 is 23.8 Å². The van der Waals surface area contributed by atoms with Gasteiger partial charge in [0.25, 0.3) is 0 Å². The number of nitrogens with one attached hydrogen (secondary N) is 1. The molecule has 0 spiro atoms. The van der Waals surface area contributed by atoms with E-state index in [9.17, 15) is 9.59 Å². The lowest BCUT2D eigenvalue weighted by atomic mass is 9.73. The first-order chi connectivity index (χ1) is 16.8. The Balaban J connectivity index is 1.83. The fraction of sp³-hybridized carbons (Fsp3) is 0.429. The lowest BCUT2D eigenvalue weighted by Crippen LogP contribution is -2.40. The number of carbonyl (C=O) groups excluding carboxylic acids is 2. The molecule has 5 rings (SSSR count). The zero-order valence-corrected chi connectivity index (χ0v) is 20.9. The maximum absolute atomic E-state index is 13.9. The highest BCUT2D eigenvalue weighted by molar-refractivity contribution is 6.07. The van der Waals surface area contributed by atoms with Crippen LogP contribution in [-0.4, -0.2) is 33.0 Å². The Morgan fingerprint density at radius 2 is 1.69 bits per heavy atom. The van der Waals surface area contributed by atoms with E-state index in [0.29, 0.717) is 41.2 Å². The molecule has 2 aromatic carbocycles. The van der Waals surface area contributed by atoms with Gasteiger partial charge in [-0.25, -0.2) is 0 Å². The topological polar surface area (TPSA) is 77.1 Å². The first-order valence-electron chi connectivity index (χ1n) is 12.0. The molecule has 0 radical (unpaired) electrons. The van der Waals surface area contributed by atoms with Crippen molar-refractivity contribution in [2.45, 2.75) is 45.6 Å². The van der Waals surface area contributed by atoms with E-state index in [1.165, 1.54) is 0 Å². The zero-order valence-electron chi connectivity index (χ0n) is 20.9. The Morgan fingerprint density at radius 3 is 2.34 bits per heavy atom. The Hall–Kier alpha value is -3.48. The van der Waals surface area contributed by atoms with Gasteiger partial charge < -0.3 is 19.5 Å². The van der Waals surface area contributed by atoms with Crippen molar-refractivity contribution in [3.05, 3.63) is 53.2 Å². The summed E-state index contributed by atoms with van der Waals surface area (Å²) < 4.78 is 17.0. The second kappa shape index (κ2) is 8.63. The van der Waals surface area contributed by atoms with E-state index >= 15 is 0 Å². The largest absolute Gasteiger partial charge is 0.493 e. The molecule has 0 bridgehead atoms. The molecule has 1 N–H and O–H groups in total. The van der Waals surface area contributed by atoms with Gasteiger partial charge in [0.15, 0.2) is 17.3 Å². The third-order valence-corrected chi connectivity index (χ3v) is 7.09. The second-order valence-corrected chi connectivity index (χ2v) is 10.3. The fourth-order valence-corrected chi connectivity index (χ4v) is 5.39. The average Bonchev–Trinajstić information content (AvgIpc) is 3.68. The number of amides is 1. The van der Waals surface area contributed by atoms with Crippen LogP contribution in [-0.2, 0) is 9.59 Å². The number of hydrogen-bond donors (Lipinski definition) is 1. The van der Waals surface area contributed by atoms with Crippen molar-refractivity contribution in [1.29, 1.82) is 0 Å². The molecule has 1 amide bonds. The van der Waals surface area contributed by atoms with Gasteiger partial charge in [-0.3, -0.25) is 14.5 Å². The van der Waals surface area contributed by atoms with Crippen LogP contribution in [0.2, 0.25) is 0 Å². The van der Waals surface area contributed by atoms with Gasteiger partial charge in [-0.05, 0) is 48.9 Å². The quantitative estimate of drug-likeness (QED) is 0.634. The number of anilines is 2. The summed E-state index contributed by atoms with van der Waals surface area (Å²) in [6.45, 7) is 4.21. The number of para-hydroxylation sites is 2. The molecule has 1 aliphatic heterocycles. The monoisotopic (exact) mass is 476 g/mol. The first kappa shape index (κ1) is 23.3. The SMILES string of the molecule is COc1ccc([C@H]2C3=C(CC(C)(C)CC3=O)Nc3ccccc3N2C(=O)C2CC2)c(OC)c1OC. The molecule has 7 nitrogen and oxygen atoms in total. The van der Waals surface area contributed by atoms with Crippen LogP contribution in [0.4, 0.5) is 11.4 Å². The fourth-order valence-electron chi connectivity index (χ4n) is 5.39. The lowest BCUT2D eigenvalue weighted by molar-refractivity contribution is -0.120. The van der Waals surface area contributed by atoms with Crippen LogP contribution in [0.5, 0.6) is 17.2 Å². The molecule has 1 saturated carbocycles. The number of ketones is 1. The molecule has 1 atom stereocenters. The number of nitrogens with zero attached hydrogens (tertiary/aromatic N) is 1. The summed E-state index contributed by atoms with van der Waals surface area (Å²) in [5.41, 5.74) is 3.54. The number of Topliss-reactive ketones (excluding diaryl/α,β-unsaturated/α-hetero) is 1. The number of fused-ring (bicyclic) bond motifs is 1. The van der Waals surface area contributed by atoms with Crippen molar-refractivity contribution in [2.24, 2.45) is 11.3 Å². The molecule has 2 aromatic rings. The Labute approximate surface area is 206 Å². The molecule has 0 aromatic heterocycles. The van der Waals surface area contributed by atoms with Crippen LogP contribution in [0, 0.1) is 11.3 Å². The van der Waals surface area contributed by atoms with Gasteiger partial charge in [0, 0.05) is 29.2 Å². The van der Waals surface area contributed by atoms with Gasteiger partial charge in [-0.2, -0.15) is 0 Å². The minimum Gasteiger partial charge on any atom is -0.493 e. The molecular formula is C28H32N2O5. The van der Waals surface area contributed by atoms with Gasteiger partial charge in [0.2, 0.25) is 11.7 Å². The second-order valence-electron chi connectivity index (χ2n) is 10.3. The molecule has 0 saturated heterocycles.